The third kappa shape index (κ3) is 72.3. The Morgan fingerprint density at radius 1 is 0.304 bits per heavy atom. The largest absolute Gasteiger partial charge is 1.00 e. The van der Waals surface area contributed by atoms with Crippen LogP contribution in [0.2, 0.25) is 19.6 Å². The molecule has 0 atom stereocenters. The molecule has 11 heterocycles. The molecule has 0 aromatic carbocycles. The molecule has 0 aliphatic carbocycles. The number of rotatable bonds is 4. The molecule has 138 heavy (non-hydrogen) atoms. The van der Waals surface area contributed by atoms with Gasteiger partial charge in [0.15, 0.2) is 8.07 Å². The minimum atomic E-state index is -4.42. The normalized spacial score (nSPS) is 13.6. The predicted octanol–water partition coefficient (Wildman–Crippen LogP) is 30.3. The Balaban J connectivity index is -0.000000169. The number of nitrogens with one attached hydrogen (secondary N) is 2. The number of ether oxygens (including phenoxy) is 4. The second-order valence-electron chi connectivity index (χ2n) is 31.3. The SMILES string of the molecule is Brc1cncc(Br)c1.Brc1cncc(I)c1.C.C.CC.CC.CC.CC.CC.CC.CC.CC.CC.CC.CC(C)(C)OC(=O)N1CCN(c2cncc(Br)c2)CC1.CC(C)(C)OC(=O)N1CCN(c2cncc(C(F)(F)F)c2)CC1.CC(C)(C)OC(=O)N1CCN(c2cncc(I)c2)CC1.CC(C)(C)OC(=O)N1CCNCC1.C[Si](C)(C)C(F)(F)F.FC(F)(F)c1cncc(N2CCNCC2)c1.[H+]. The summed E-state index contributed by atoms with van der Waals surface area (Å²) in [5, 5.41) is 6.33. The molecule has 0 saturated carbocycles. The van der Waals surface area contributed by atoms with Gasteiger partial charge in [-0.15, -0.1) is 0 Å². The zero-order chi connectivity index (χ0) is 107. The van der Waals surface area contributed by atoms with Crippen molar-refractivity contribution in [2.75, 3.05) is 150 Å². The first-order chi connectivity index (χ1) is 63.6. The summed E-state index contributed by atoms with van der Waals surface area (Å²) in [6.07, 6.45) is 9.10. The van der Waals surface area contributed by atoms with Crippen LogP contribution >= 0.6 is 109 Å². The van der Waals surface area contributed by atoms with E-state index in [9.17, 15) is 58.7 Å². The van der Waals surface area contributed by atoms with E-state index >= 15 is 0 Å². The van der Waals surface area contributed by atoms with Gasteiger partial charge in [-0.3, -0.25) is 29.9 Å². The summed E-state index contributed by atoms with van der Waals surface area (Å²) < 4.78 is 138. The number of hydrogen-bond acceptors (Lipinski definition) is 20. The van der Waals surface area contributed by atoms with E-state index in [2.05, 4.69) is 165 Å². The Hall–Kier alpha value is -5.93. The number of carbonyl (C=O) groups excluding carboxylic acids is 4. The van der Waals surface area contributed by atoms with E-state index in [-0.39, 0.29) is 40.2 Å². The molecule has 0 bridgehead atoms. The van der Waals surface area contributed by atoms with Crippen LogP contribution in [0.1, 0.15) is 249 Å². The minimum Gasteiger partial charge on any atom is -0.444 e. The molecule has 40 heteroatoms. The van der Waals surface area contributed by atoms with Gasteiger partial charge in [0.05, 0.1) is 58.7 Å². The highest BCUT2D eigenvalue weighted by atomic mass is 127. The monoisotopic (exact) mass is 2470 g/mol. The second-order valence-corrected chi connectivity index (χ2v) is 42.5. The van der Waals surface area contributed by atoms with Gasteiger partial charge in [-0.25, -0.2) is 19.2 Å². The molecular weight excluding hydrogens is 2300 g/mol. The lowest BCUT2D eigenvalue weighted by Gasteiger charge is -2.36. The Kier molecular flexibility index (Phi) is 89.4. The van der Waals surface area contributed by atoms with E-state index in [4.69, 9.17) is 18.9 Å². The fraction of sp³-hybridized carbons (Fsp3) is 0.653. The van der Waals surface area contributed by atoms with Crippen molar-refractivity contribution in [3.8, 4) is 0 Å². The molecule has 6 aromatic heterocycles. The van der Waals surface area contributed by atoms with Crippen LogP contribution in [0.4, 0.5) is 81.4 Å². The van der Waals surface area contributed by atoms with Crippen LogP contribution in [0.5, 0.6) is 0 Å². The summed E-state index contributed by atoms with van der Waals surface area (Å²) in [5.74, 6) is -3.92. The van der Waals surface area contributed by atoms with Gasteiger partial charge >= 0.3 is 44.0 Å². The molecule has 2 N–H and O–H groups in total. The lowest BCUT2D eigenvalue weighted by Crippen LogP contribution is -2.50. The number of amides is 4. The van der Waals surface area contributed by atoms with Crippen molar-refractivity contribution in [2.24, 2.45) is 0 Å². The number of carbonyl (C=O) groups is 4. The van der Waals surface area contributed by atoms with E-state index in [0.29, 0.717) is 76.8 Å². The van der Waals surface area contributed by atoms with Crippen molar-refractivity contribution in [3.63, 3.8) is 0 Å². The summed E-state index contributed by atoms with van der Waals surface area (Å²) in [6, 6.07) is 10.3. The smallest absolute Gasteiger partial charge is 0.444 e. The van der Waals surface area contributed by atoms with Crippen LogP contribution in [0.3, 0.4) is 0 Å². The Bertz CT molecular complexity index is 3840. The molecule has 11 rings (SSSR count). The van der Waals surface area contributed by atoms with Gasteiger partial charge in [-0.05, 0) is 228 Å². The highest BCUT2D eigenvalue weighted by Crippen LogP contribution is 2.34. The summed E-state index contributed by atoms with van der Waals surface area (Å²) >= 11 is 17.7. The number of alkyl halides is 9. The van der Waals surface area contributed by atoms with E-state index in [1.165, 1.54) is 32.0 Å². The third-order valence-corrected chi connectivity index (χ3v) is 20.4. The molecule has 4 amide bonds. The van der Waals surface area contributed by atoms with Crippen molar-refractivity contribution >= 4 is 164 Å². The number of piperazine rings is 5. The average molecular weight is 2480 g/mol. The van der Waals surface area contributed by atoms with Crippen LogP contribution in [-0.2, 0) is 31.3 Å². The van der Waals surface area contributed by atoms with Gasteiger partial charge in [0.25, 0.3) is 0 Å². The molecular formula is C98H174Br4F9I2N16O8Si+. The lowest BCUT2D eigenvalue weighted by atomic mass is 10.2. The van der Waals surface area contributed by atoms with Crippen molar-refractivity contribution in [1.82, 2.24) is 60.1 Å². The number of halogens is 15. The molecule has 5 saturated heterocycles. The second kappa shape index (κ2) is 82.4. The van der Waals surface area contributed by atoms with Gasteiger partial charge in [0, 0.05) is 206 Å². The molecule has 0 radical (unpaired) electrons. The highest BCUT2D eigenvalue weighted by Gasteiger charge is 2.45. The van der Waals surface area contributed by atoms with Gasteiger partial charge in [0.2, 0.25) is 0 Å². The molecule has 24 nitrogen and oxygen atoms in total. The summed E-state index contributed by atoms with van der Waals surface area (Å²) in [7, 11) is -2.86. The van der Waals surface area contributed by atoms with Crippen molar-refractivity contribution in [2.45, 2.75) is 297 Å². The molecule has 0 spiro atoms. The Morgan fingerprint density at radius 3 is 0.710 bits per heavy atom. The zero-order valence-electron chi connectivity index (χ0n) is 88.7. The Morgan fingerprint density at radius 2 is 0.500 bits per heavy atom. The van der Waals surface area contributed by atoms with Crippen molar-refractivity contribution in [3.05, 3.63) is 147 Å². The van der Waals surface area contributed by atoms with Crippen molar-refractivity contribution in [1.29, 1.82) is 0 Å². The predicted molar refractivity (Wildman–Crippen MR) is 595 cm³/mol. The van der Waals surface area contributed by atoms with Crippen LogP contribution in [0.15, 0.2) is 129 Å². The fourth-order valence-corrected chi connectivity index (χ4v) is 13.1. The van der Waals surface area contributed by atoms with Gasteiger partial charge in [-0.1, -0.05) is 173 Å². The summed E-state index contributed by atoms with van der Waals surface area (Å²) in [4.78, 5) is 85.9. The molecule has 0 unspecified atom stereocenters. The van der Waals surface area contributed by atoms with Crippen LogP contribution in [0.25, 0.3) is 0 Å². The molecule has 6 aromatic rings. The summed E-state index contributed by atoms with van der Waals surface area (Å²) in [5.41, 5.74) is -0.172. The first kappa shape index (κ1) is 150. The van der Waals surface area contributed by atoms with E-state index in [1.54, 1.807) is 70.1 Å². The number of nitrogens with zero attached hydrogens (tertiary/aromatic N) is 14. The standard InChI is InChI=1S/C15H20F3N3O2.C14H20BrN3O2.C14H20IN3O2.C10H12F3N3.C9H18N2O2.C5H3Br2N.C5H3BrIN.C4H9F3Si.10C2H6.2CH4/c1-14(2,3)23-13(22)21-6-4-20(5-7-21)12-8-11(9-19-10-12)15(16,17)18;2*1-14(2,3)20-13(19)18-6-4-17(5-7-18)12-8-11(15)9-16-10-12;11-10(12,13)8-5-9(7-15-6-8)16-3-1-14-2-4-16;1-9(2,3)13-8(12)11-6-4-10-5-7-11;2*6-4-1-5(7)3-8-2-4;1-8(2,3)4(5,6)7;10*1-2;;/h8-10H,4-7H2,1-3H3;2*8-10H,4-7H2,1-3H3;5-7,14H,1-4H2;10H,4-7H2,1-3H3;2*1-3H;1-3H3;10*1-2H3;2*1H4/p+1. The van der Waals surface area contributed by atoms with E-state index < -0.39 is 60.2 Å². The molecule has 5 fully saturated rings. The highest BCUT2D eigenvalue weighted by molar-refractivity contribution is 14.1. The van der Waals surface area contributed by atoms with Gasteiger partial charge < -0.3 is 68.8 Å². The lowest BCUT2D eigenvalue weighted by molar-refractivity contribution is -0.138. The molecule has 5 aliphatic rings. The topological polar surface area (TPSA) is 233 Å². The molecule has 5 aliphatic heterocycles. The summed E-state index contributed by atoms with van der Waals surface area (Å²) in [6.45, 7) is 79.9. The maximum atomic E-state index is 12.7. The maximum Gasteiger partial charge on any atom is 1.00 e. The first-order valence-corrected chi connectivity index (χ1v) is 55.7. The quantitative estimate of drug-likeness (QED) is 0.0723. The number of aromatic nitrogens is 6. The van der Waals surface area contributed by atoms with Gasteiger partial charge in [-0.2, -0.15) is 39.5 Å². The van der Waals surface area contributed by atoms with Crippen LogP contribution in [0, 0.1) is 7.14 Å². The molecule has 802 valence electrons. The maximum absolute atomic E-state index is 12.7. The minimum absolute atomic E-state index is 0. The van der Waals surface area contributed by atoms with Crippen molar-refractivity contribution < 1.29 is 79.1 Å². The third-order valence-electron chi connectivity index (χ3n) is 15.8. The number of pyridine rings is 6. The van der Waals surface area contributed by atoms with Crippen LogP contribution in [-0.4, -0.2) is 241 Å². The number of hydrogen-bond donors (Lipinski definition) is 2. The zero-order valence-corrected chi connectivity index (χ0v) is 99.4. The Labute approximate surface area is 890 Å². The average Bonchev–Trinajstić information content (AvgIpc) is 0.851. The van der Waals surface area contributed by atoms with Gasteiger partial charge in [0.1, 0.15) is 22.4 Å². The fourth-order valence-electron chi connectivity index (χ4n) is 9.95. The van der Waals surface area contributed by atoms with Crippen LogP contribution < -0.4 is 30.2 Å². The van der Waals surface area contributed by atoms with E-state index in [1.807, 2.05) is 249 Å². The number of anilines is 4. The first-order valence-electron chi connectivity index (χ1n) is 46.8. The van der Waals surface area contributed by atoms with E-state index in [0.717, 1.165) is 126 Å².